The SMILES string of the molecule is CC(C)CNCCC(=O)N1CCN(c2cccc(Cl)c2)CC1. The summed E-state index contributed by atoms with van der Waals surface area (Å²) in [6.45, 7) is 9.39. The summed E-state index contributed by atoms with van der Waals surface area (Å²) in [5, 5.41) is 4.08. The lowest BCUT2D eigenvalue weighted by Gasteiger charge is -2.36. The monoisotopic (exact) mass is 323 g/mol. The Morgan fingerprint density at radius 3 is 2.64 bits per heavy atom. The number of hydrogen-bond acceptors (Lipinski definition) is 3. The number of rotatable bonds is 6. The van der Waals surface area contributed by atoms with Gasteiger partial charge in [0.25, 0.3) is 0 Å². The van der Waals surface area contributed by atoms with Gasteiger partial charge in [-0.3, -0.25) is 4.79 Å². The maximum Gasteiger partial charge on any atom is 0.223 e. The highest BCUT2D eigenvalue weighted by Crippen LogP contribution is 2.20. The first kappa shape index (κ1) is 17.1. The number of piperazine rings is 1. The van der Waals surface area contributed by atoms with E-state index in [0.29, 0.717) is 12.3 Å². The molecule has 1 aromatic rings. The Morgan fingerprint density at radius 2 is 2.00 bits per heavy atom. The highest BCUT2D eigenvalue weighted by Gasteiger charge is 2.20. The molecule has 1 aliphatic heterocycles. The maximum atomic E-state index is 12.2. The summed E-state index contributed by atoms with van der Waals surface area (Å²) >= 11 is 6.04. The molecule has 0 spiro atoms. The van der Waals surface area contributed by atoms with E-state index in [1.807, 2.05) is 23.1 Å². The Kier molecular flexibility index (Phi) is 6.52. The highest BCUT2D eigenvalue weighted by atomic mass is 35.5. The van der Waals surface area contributed by atoms with Crippen molar-refractivity contribution in [1.82, 2.24) is 10.2 Å². The Hall–Kier alpha value is -1.26. The van der Waals surface area contributed by atoms with Crippen molar-refractivity contribution in [2.75, 3.05) is 44.2 Å². The summed E-state index contributed by atoms with van der Waals surface area (Å²) in [7, 11) is 0. The first-order valence-electron chi connectivity index (χ1n) is 8.05. The number of halogens is 1. The number of amides is 1. The molecule has 1 aromatic carbocycles. The van der Waals surface area contributed by atoms with Crippen LogP contribution in [0.4, 0.5) is 5.69 Å². The fourth-order valence-electron chi connectivity index (χ4n) is 2.63. The molecule has 2 rings (SSSR count). The molecule has 0 aliphatic carbocycles. The minimum Gasteiger partial charge on any atom is -0.368 e. The Balaban J connectivity index is 1.73. The second-order valence-electron chi connectivity index (χ2n) is 6.20. The van der Waals surface area contributed by atoms with E-state index >= 15 is 0 Å². The smallest absolute Gasteiger partial charge is 0.223 e. The molecular formula is C17H26ClN3O. The lowest BCUT2D eigenvalue weighted by Crippen LogP contribution is -2.49. The highest BCUT2D eigenvalue weighted by molar-refractivity contribution is 6.30. The average Bonchev–Trinajstić information content (AvgIpc) is 2.51. The third-order valence-electron chi connectivity index (χ3n) is 3.87. The minimum atomic E-state index is 0.252. The number of nitrogens with zero attached hydrogens (tertiary/aromatic N) is 2. The normalized spacial score (nSPS) is 15.5. The molecule has 0 aromatic heterocycles. The van der Waals surface area contributed by atoms with Crippen LogP contribution in [0.2, 0.25) is 5.02 Å². The second-order valence-corrected chi connectivity index (χ2v) is 6.63. The number of carbonyl (C=O) groups excluding carboxylic acids is 1. The zero-order valence-corrected chi connectivity index (χ0v) is 14.3. The lowest BCUT2D eigenvalue weighted by atomic mass is 10.2. The van der Waals surface area contributed by atoms with Crippen molar-refractivity contribution >= 4 is 23.2 Å². The topological polar surface area (TPSA) is 35.6 Å². The van der Waals surface area contributed by atoms with Gasteiger partial charge in [0, 0.05) is 49.9 Å². The molecule has 0 unspecified atom stereocenters. The van der Waals surface area contributed by atoms with Gasteiger partial charge in [0.15, 0.2) is 0 Å². The van der Waals surface area contributed by atoms with Gasteiger partial charge < -0.3 is 15.1 Å². The van der Waals surface area contributed by atoms with E-state index in [0.717, 1.165) is 50.0 Å². The van der Waals surface area contributed by atoms with Gasteiger partial charge in [0.05, 0.1) is 0 Å². The third kappa shape index (κ3) is 5.18. The summed E-state index contributed by atoms with van der Waals surface area (Å²) in [4.78, 5) is 16.4. The van der Waals surface area contributed by atoms with Gasteiger partial charge in [-0.05, 0) is 30.7 Å². The van der Waals surface area contributed by atoms with Gasteiger partial charge in [-0.1, -0.05) is 31.5 Å². The molecular weight excluding hydrogens is 298 g/mol. The van der Waals surface area contributed by atoms with E-state index in [4.69, 9.17) is 11.6 Å². The molecule has 4 nitrogen and oxygen atoms in total. The molecule has 1 fully saturated rings. The fraction of sp³-hybridized carbons (Fsp3) is 0.588. The van der Waals surface area contributed by atoms with Crippen molar-refractivity contribution in [3.05, 3.63) is 29.3 Å². The molecule has 1 N–H and O–H groups in total. The van der Waals surface area contributed by atoms with Gasteiger partial charge in [0.1, 0.15) is 0 Å². The molecule has 0 bridgehead atoms. The van der Waals surface area contributed by atoms with Crippen LogP contribution < -0.4 is 10.2 Å². The van der Waals surface area contributed by atoms with E-state index in [-0.39, 0.29) is 5.91 Å². The van der Waals surface area contributed by atoms with E-state index in [2.05, 4.69) is 30.1 Å². The zero-order chi connectivity index (χ0) is 15.9. The van der Waals surface area contributed by atoms with Crippen molar-refractivity contribution < 1.29 is 4.79 Å². The second kappa shape index (κ2) is 8.39. The summed E-state index contributed by atoms with van der Waals surface area (Å²) in [5.74, 6) is 0.873. The van der Waals surface area contributed by atoms with Gasteiger partial charge >= 0.3 is 0 Å². The number of hydrogen-bond donors (Lipinski definition) is 1. The van der Waals surface area contributed by atoms with Crippen LogP contribution in [0, 0.1) is 5.92 Å². The zero-order valence-electron chi connectivity index (χ0n) is 13.5. The van der Waals surface area contributed by atoms with Gasteiger partial charge in [-0.2, -0.15) is 0 Å². The molecule has 5 heteroatoms. The number of anilines is 1. The average molecular weight is 324 g/mol. The number of nitrogens with one attached hydrogen (secondary N) is 1. The lowest BCUT2D eigenvalue weighted by molar-refractivity contribution is -0.131. The van der Waals surface area contributed by atoms with Crippen LogP contribution in [0.5, 0.6) is 0 Å². The minimum absolute atomic E-state index is 0.252. The van der Waals surface area contributed by atoms with E-state index in [9.17, 15) is 4.79 Å². The van der Waals surface area contributed by atoms with Crippen LogP contribution in [-0.4, -0.2) is 50.1 Å². The van der Waals surface area contributed by atoms with E-state index in [1.165, 1.54) is 0 Å². The predicted molar refractivity (Wildman–Crippen MR) is 92.6 cm³/mol. The van der Waals surface area contributed by atoms with Crippen LogP contribution >= 0.6 is 11.6 Å². The number of carbonyl (C=O) groups is 1. The largest absolute Gasteiger partial charge is 0.368 e. The third-order valence-corrected chi connectivity index (χ3v) is 4.11. The molecule has 1 amide bonds. The molecule has 0 atom stereocenters. The van der Waals surface area contributed by atoms with Gasteiger partial charge in [-0.25, -0.2) is 0 Å². The fourth-order valence-corrected chi connectivity index (χ4v) is 2.82. The summed E-state index contributed by atoms with van der Waals surface area (Å²) < 4.78 is 0. The van der Waals surface area contributed by atoms with Crippen molar-refractivity contribution in [2.24, 2.45) is 5.92 Å². The van der Waals surface area contributed by atoms with Crippen molar-refractivity contribution in [3.8, 4) is 0 Å². The molecule has 122 valence electrons. The van der Waals surface area contributed by atoms with Crippen LogP contribution in [0.15, 0.2) is 24.3 Å². The molecule has 1 aliphatic rings. The Labute approximate surface area is 138 Å². The van der Waals surface area contributed by atoms with Crippen LogP contribution in [0.3, 0.4) is 0 Å². The van der Waals surface area contributed by atoms with Gasteiger partial charge in [0.2, 0.25) is 5.91 Å². The first-order valence-corrected chi connectivity index (χ1v) is 8.43. The maximum absolute atomic E-state index is 12.2. The van der Waals surface area contributed by atoms with Crippen molar-refractivity contribution in [2.45, 2.75) is 20.3 Å². The molecule has 1 saturated heterocycles. The van der Waals surface area contributed by atoms with Crippen molar-refractivity contribution in [1.29, 1.82) is 0 Å². The van der Waals surface area contributed by atoms with Crippen LogP contribution in [0.1, 0.15) is 20.3 Å². The standard InChI is InChI=1S/C17H26ClN3O/c1-14(2)13-19-7-6-17(22)21-10-8-20(9-11-21)16-5-3-4-15(18)12-16/h3-5,12,14,19H,6-11,13H2,1-2H3. The first-order chi connectivity index (χ1) is 10.6. The van der Waals surface area contributed by atoms with Crippen LogP contribution in [-0.2, 0) is 4.79 Å². The van der Waals surface area contributed by atoms with Crippen molar-refractivity contribution in [3.63, 3.8) is 0 Å². The van der Waals surface area contributed by atoms with E-state index < -0.39 is 0 Å². The quantitative estimate of drug-likeness (QED) is 0.817. The predicted octanol–water partition coefficient (Wildman–Crippen LogP) is 2.62. The Bertz CT molecular complexity index is 485. The molecule has 22 heavy (non-hydrogen) atoms. The molecule has 1 heterocycles. The summed E-state index contributed by atoms with van der Waals surface area (Å²) in [5.41, 5.74) is 1.14. The van der Waals surface area contributed by atoms with Crippen LogP contribution in [0.25, 0.3) is 0 Å². The molecule has 0 saturated carbocycles. The number of benzene rings is 1. The van der Waals surface area contributed by atoms with E-state index in [1.54, 1.807) is 0 Å². The summed E-state index contributed by atoms with van der Waals surface area (Å²) in [6, 6.07) is 7.90. The molecule has 0 radical (unpaired) electrons. The Morgan fingerprint density at radius 1 is 1.27 bits per heavy atom. The van der Waals surface area contributed by atoms with Gasteiger partial charge in [-0.15, -0.1) is 0 Å². The summed E-state index contributed by atoms with van der Waals surface area (Å²) in [6.07, 6.45) is 0.587.